The first-order chi connectivity index (χ1) is 7.09. The molecule has 0 saturated carbocycles. The van der Waals surface area contributed by atoms with Gasteiger partial charge in [-0.25, -0.2) is 4.68 Å². The van der Waals surface area contributed by atoms with Crippen molar-refractivity contribution in [2.24, 2.45) is 0 Å². The van der Waals surface area contributed by atoms with Gasteiger partial charge in [0, 0.05) is 5.02 Å². The van der Waals surface area contributed by atoms with Crippen LogP contribution in [0.1, 0.15) is 0 Å². The zero-order valence-electron chi connectivity index (χ0n) is 7.42. The Bertz CT molecular complexity index is 510. The highest BCUT2D eigenvalue weighted by Gasteiger charge is 2.09. The zero-order valence-corrected chi connectivity index (χ0v) is 10.5. The number of halogens is 3. The van der Waals surface area contributed by atoms with E-state index in [4.69, 9.17) is 28.9 Å². The van der Waals surface area contributed by atoms with E-state index in [-0.39, 0.29) is 0 Å². The minimum atomic E-state index is 0.499. The molecule has 1 aromatic carbocycles. The summed E-state index contributed by atoms with van der Waals surface area (Å²) in [4.78, 5) is 0. The normalized spacial score (nSPS) is 10.6. The van der Waals surface area contributed by atoms with Crippen LogP contribution in [0, 0.1) is 0 Å². The maximum atomic E-state index is 6.03. The lowest BCUT2D eigenvalue weighted by molar-refractivity contribution is 0.891. The van der Waals surface area contributed by atoms with Gasteiger partial charge in [0.05, 0.1) is 21.4 Å². The lowest BCUT2D eigenvalue weighted by Gasteiger charge is -2.06. The maximum Gasteiger partial charge on any atom is 0.141 e. The minimum absolute atomic E-state index is 0.499. The first kappa shape index (κ1) is 10.8. The second kappa shape index (κ2) is 4.04. The van der Waals surface area contributed by atoms with Crippen molar-refractivity contribution < 1.29 is 0 Å². The Morgan fingerprint density at radius 2 is 2.07 bits per heavy atom. The molecule has 0 aliphatic rings. The molecule has 78 valence electrons. The Morgan fingerprint density at radius 3 is 2.60 bits per heavy atom. The van der Waals surface area contributed by atoms with Gasteiger partial charge in [-0.3, -0.25) is 0 Å². The number of nitrogens with zero attached hydrogens (tertiary/aromatic N) is 2. The number of rotatable bonds is 1. The number of hydrogen-bond donors (Lipinski definition) is 1. The summed E-state index contributed by atoms with van der Waals surface area (Å²) in [5, 5.41) is 5.18. The maximum absolute atomic E-state index is 6.03. The average molecular weight is 307 g/mol. The van der Waals surface area contributed by atoms with E-state index in [2.05, 4.69) is 21.0 Å². The second-order valence-corrected chi connectivity index (χ2v) is 4.58. The number of hydrogen-bond acceptors (Lipinski definition) is 2. The molecule has 15 heavy (non-hydrogen) atoms. The van der Waals surface area contributed by atoms with Crippen molar-refractivity contribution in [3.05, 3.63) is 38.9 Å². The van der Waals surface area contributed by atoms with Gasteiger partial charge >= 0.3 is 0 Å². The van der Waals surface area contributed by atoms with Gasteiger partial charge in [0.25, 0.3) is 0 Å². The first-order valence-corrected chi connectivity index (χ1v) is 5.59. The Balaban J connectivity index is 2.59. The summed E-state index contributed by atoms with van der Waals surface area (Å²) >= 11 is 15.1. The van der Waals surface area contributed by atoms with Crippen LogP contribution in [0.25, 0.3) is 5.69 Å². The fourth-order valence-corrected chi connectivity index (χ4v) is 1.93. The summed E-state index contributed by atoms with van der Waals surface area (Å²) in [5.74, 6) is 0.499. The quantitative estimate of drug-likeness (QED) is 0.876. The van der Waals surface area contributed by atoms with Crippen LogP contribution in [0.15, 0.2) is 28.9 Å². The standard InChI is InChI=1S/C9H6BrCl2N3/c10-6-4-14-15(9(6)13)8-2-1-5(11)3-7(8)12/h1-4H,13H2. The molecule has 0 radical (unpaired) electrons. The first-order valence-electron chi connectivity index (χ1n) is 4.04. The molecule has 0 fully saturated rings. The third-order valence-electron chi connectivity index (χ3n) is 1.90. The van der Waals surface area contributed by atoms with E-state index in [9.17, 15) is 0 Å². The molecule has 0 bridgehead atoms. The van der Waals surface area contributed by atoms with E-state index in [1.165, 1.54) is 0 Å². The Kier molecular flexibility index (Phi) is 2.91. The van der Waals surface area contributed by atoms with Crippen LogP contribution in [0.4, 0.5) is 5.82 Å². The van der Waals surface area contributed by atoms with E-state index in [1.54, 1.807) is 29.1 Å². The van der Waals surface area contributed by atoms with Gasteiger partial charge in [0.1, 0.15) is 5.82 Å². The summed E-state index contributed by atoms with van der Waals surface area (Å²) < 4.78 is 2.27. The molecule has 2 N–H and O–H groups in total. The second-order valence-electron chi connectivity index (χ2n) is 2.89. The molecule has 2 rings (SSSR count). The Morgan fingerprint density at radius 1 is 1.33 bits per heavy atom. The molecule has 0 aliphatic carbocycles. The third-order valence-corrected chi connectivity index (χ3v) is 3.05. The molecule has 2 aromatic rings. The Hall–Kier alpha value is -0.710. The molecule has 0 aliphatic heterocycles. The van der Waals surface area contributed by atoms with Crippen LogP contribution in [0.3, 0.4) is 0 Å². The van der Waals surface area contributed by atoms with Gasteiger partial charge in [-0.2, -0.15) is 5.10 Å². The molecule has 6 heteroatoms. The van der Waals surface area contributed by atoms with Gasteiger partial charge in [0.15, 0.2) is 0 Å². The highest BCUT2D eigenvalue weighted by Crippen LogP contribution is 2.28. The van der Waals surface area contributed by atoms with Gasteiger partial charge in [-0.1, -0.05) is 23.2 Å². The molecule has 1 heterocycles. The van der Waals surface area contributed by atoms with Crippen LogP contribution in [0.2, 0.25) is 10.0 Å². The van der Waals surface area contributed by atoms with Crippen molar-refractivity contribution in [2.75, 3.05) is 5.73 Å². The summed E-state index contributed by atoms with van der Waals surface area (Å²) in [7, 11) is 0. The number of nitrogen functional groups attached to an aromatic ring is 1. The van der Waals surface area contributed by atoms with E-state index < -0.39 is 0 Å². The lowest BCUT2D eigenvalue weighted by atomic mass is 10.3. The summed E-state index contributed by atoms with van der Waals surface area (Å²) in [6.45, 7) is 0. The van der Waals surface area contributed by atoms with E-state index in [1.807, 2.05) is 0 Å². The van der Waals surface area contributed by atoms with E-state index in [0.717, 1.165) is 4.47 Å². The average Bonchev–Trinajstić information content (AvgIpc) is 2.49. The number of benzene rings is 1. The SMILES string of the molecule is Nc1c(Br)cnn1-c1ccc(Cl)cc1Cl. The lowest BCUT2D eigenvalue weighted by Crippen LogP contribution is -2.02. The van der Waals surface area contributed by atoms with Crippen LogP contribution < -0.4 is 5.73 Å². The molecule has 3 nitrogen and oxygen atoms in total. The summed E-state index contributed by atoms with van der Waals surface area (Å²) in [5.41, 5.74) is 6.50. The predicted molar refractivity (Wildman–Crippen MR) is 65.7 cm³/mol. The van der Waals surface area contributed by atoms with Crippen molar-refractivity contribution in [1.82, 2.24) is 9.78 Å². The van der Waals surface area contributed by atoms with Gasteiger partial charge < -0.3 is 5.73 Å². The van der Waals surface area contributed by atoms with Crippen LogP contribution in [0.5, 0.6) is 0 Å². The van der Waals surface area contributed by atoms with Crippen LogP contribution >= 0.6 is 39.1 Å². The molecular weight excluding hydrogens is 301 g/mol. The van der Waals surface area contributed by atoms with Gasteiger partial charge in [-0.05, 0) is 34.1 Å². The fraction of sp³-hybridized carbons (Fsp3) is 0. The molecular formula is C9H6BrCl2N3. The highest BCUT2D eigenvalue weighted by atomic mass is 79.9. The zero-order chi connectivity index (χ0) is 11.0. The molecule has 0 saturated heterocycles. The van der Waals surface area contributed by atoms with Gasteiger partial charge in [-0.15, -0.1) is 0 Å². The number of aromatic nitrogens is 2. The van der Waals surface area contributed by atoms with Crippen LogP contribution in [-0.2, 0) is 0 Å². The summed E-state index contributed by atoms with van der Waals surface area (Å²) in [6, 6.07) is 5.14. The number of anilines is 1. The highest BCUT2D eigenvalue weighted by molar-refractivity contribution is 9.10. The molecule has 0 unspecified atom stereocenters. The number of nitrogens with two attached hydrogens (primary N) is 1. The molecule has 0 amide bonds. The van der Waals surface area contributed by atoms with Crippen molar-refractivity contribution in [3.8, 4) is 5.69 Å². The van der Waals surface area contributed by atoms with E-state index >= 15 is 0 Å². The Labute approximate surface area is 105 Å². The monoisotopic (exact) mass is 305 g/mol. The van der Waals surface area contributed by atoms with Crippen molar-refractivity contribution in [2.45, 2.75) is 0 Å². The predicted octanol–water partition coefficient (Wildman–Crippen LogP) is 3.52. The van der Waals surface area contributed by atoms with E-state index in [0.29, 0.717) is 21.6 Å². The van der Waals surface area contributed by atoms with Crippen LogP contribution in [-0.4, -0.2) is 9.78 Å². The minimum Gasteiger partial charge on any atom is -0.383 e. The third kappa shape index (κ3) is 1.97. The smallest absolute Gasteiger partial charge is 0.141 e. The molecule has 0 spiro atoms. The van der Waals surface area contributed by atoms with Crippen molar-refractivity contribution in [3.63, 3.8) is 0 Å². The van der Waals surface area contributed by atoms with Crippen molar-refractivity contribution in [1.29, 1.82) is 0 Å². The molecule has 0 atom stereocenters. The summed E-state index contributed by atoms with van der Waals surface area (Å²) in [6.07, 6.45) is 1.61. The topological polar surface area (TPSA) is 43.8 Å². The van der Waals surface area contributed by atoms with Crippen molar-refractivity contribution >= 4 is 44.9 Å². The van der Waals surface area contributed by atoms with Gasteiger partial charge in [0.2, 0.25) is 0 Å². The fourth-order valence-electron chi connectivity index (χ4n) is 1.18. The largest absolute Gasteiger partial charge is 0.383 e. The molecule has 1 aromatic heterocycles.